The van der Waals surface area contributed by atoms with Crippen LogP contribution in [0.3, 0.4) is 0 Å². The second-order valence-corrected chi connectivity index (χ2v) is 8.07. The standard InChI is InChI=1S/C24H32N4O3/c1-4-31-24(30)20-8-11-22(25-16-20)28-13-5-12-27(14-15-28)17-23(29)26-21-9-6-19(7-10-21)18(2)3/h6-11,16,18H,4-5,12-15,17H2,1-3H3,(H,26,29). The number of nitrogens with zero attached hydrogens (tertiary/aromatic N) is 3. The maximum absolute atomic E-state index is 12.5. The SMILES string of the molecule is CCOC(=O)c1ccc(N2CCCN(CC(=O)Nc3ccc(C(C)C)cc3)CC2)nc1. The van der Waals surface area contributed by atoms with Gasteiger partial charge in [0.2, 0.25) is 5.91 Å². The van der Waals surface area contributed by atoms with E-state index in [4.69, 9.17) is 4.74 Å². The van der Waals surface area contributed by atoms with Crippen LogP contribution in [0.2, 0.25) is 0 Å². The summed E-state index contributed by atoms with van der Waals surface area (Å²) in [5.74, 6) is 0.960. The molecule has 0 saturated carbocycles. The number of ether oxygens (including phenoxy) is 1. The Hall–Kier alpha value is -2.93. The number of hydrogen-bond donors (Lipinski definition) is 1. The average Bonchev–Trinajstić information content (AvgIpc) is 3.00. The number of aromatic nitrogens is 1. The van der Waals surface area contributed by atoms with Crippen molar-refractivity contribution in [3.8, 4) is 0 Å². The molecule has 1 saturated heterocycles. The second kappa shape index (κ2) is 10.9. The molecule has 0 atom stereocenters. The zero-order valence-electron chi connectivity index (χ0n) is 18.6. The highest BCUT2D eigenvalue weighted by Gasteiger charge is 2.18. The van der Waals surface area contributed by atoms with E-state index in [0.29, 0.717) is 24.6 Å². The number of anilines is 2. The number of hydrogen-bond acceptors (Lipinski definition) is 6. The highest BCUT2D eigenvalue weighted by Crippen LogP contribution is 2.18. The minimum atomic E-state index is -0.353. The molecule has 3 rings (SSSR count). The molecule has 1 aliphatic heterocycles. The lowest BCUT2D eigenvalue weighted by Crippen LogP contribution is -2.36. The topological polar surface area (TPSA) is 74.8 Å². The maximum atomic E-state index is 12.5. The van der Waals surface area contributed by atoms with Gasteiger partial charge in [0.05, 0.1) is 18.7 Å². The van der Waals surface area contributed by atoms with Crippen molar-refractivity contribution < 1.29 is 14.3 Å². The molecule has 0 bridgehead atoms. The molecule has 1 aromatic heterocycles. The summed E-state index contributed by atoms with van der Waals surface area (Å²) in [5.41, 5.74) is 2.55. The Bertz CT molecular complexity index is 865. The maximum Gasteiger partial charge on any atom is 0.339 e. The van der Waals surface area contributed by atoms with Crippen LogP contribution in [0.5, 0.6) is 0 Å². The number of pyridine rings is 1. The molecule has 7 heteroatoms. The third-order valence-corrected chi connectivity index (χ3v) is 5.40. The average molecular weight is 425 g/mol. The normalized spacial score (nSPS) is 14.9. The third-order valence-electron chi connectivity index (χ3n) is 5.40. The fraction of sp³-hybridized carbons (Fsp3) is 0.458. The minimum absolute atomic E-state index is 0.00246. The van der Waals surface area contributed by atoms with E-state index in [9.17, 15) is 9.59 Å². The van der Waals surface area contributed by atoms with Gasteiger partial charge in [-0.2, -0.15) is 0 Å². The monoisotopic (exact) mass is 424 g/mol. The Morgan fingerprint density at radius 1 is 1.06 bits per heavy atom. The Labute approximate surface area is 184 Å². The van der Waals surface area contributed by atoms with E-state index in [1.807, 2.05) is 18.2 Å². The van der Waals surface area contributed by atoms with E-state index < -0.39 is 0 Å². The Morgan fingerprint density at radius 2 is 1.84 bits per heavy atom. The van der Waals surface area contributed by atoms with E-state index in [1.54, 1.807) is 19.2 Å². The zero-order valence-corrected chi connectivity index (χ0v) is 18.6. The quantitative estimate of drug-likeness (QED) is 0.686. The fourth-order valence-corrected chi connectivity index (χ4v) is 3.62. The van der Waals surface area contributed by atoms with Gasteiger partial charge in [0.1, 0.15) is 5.82 Å². The summed E-state index contributed by atoms with van der Waals surface area (Å²) in [6.45, 7) is 10.1. The van der Waals surface area contributed by atoms with Gasteiger partial charge in [0, 0.05) is 38.1 Å². The van der Waals surface area contributed by atoms with Crippen LogP contribution in [0.1, 0.15) is 49.0 Å². The molecule has 0 radical (unpaired) electrons. The first-order valence-corrected chi connectivity index (χ1v) is 11.0. The van der Waals surface area contributed by atoms with Gasteiger partial charge in [-0.1, -0.05) is 26.0 Å². The van der Waals surface area contributed by atoms with Crippen molar-refractivity contribution in [2.24, 2.45) is 0 Å². The predicted octanol–water partition coefficient (Wildman–Crippen LogP) is 3.53. The summed E-state index contributed by atoms with van der Waals surface area (Å²) in [6.07, 6.45) is 2.51. The van der Waals surface area contributed by atoms with Gasteiger partial charge in [-0.05, 0) is 49.1 Å². The molecule has 2 heterocycles. The molecule has 0 unspecified atom stereocenters. The van der Waals surface area contributed by atoms with Crippen molar-refractivity contribution in [1.82, 2.24) is 9.88 Å². The van der Waals surface area contributed by atoms with Crippen LogP contribution in [-0.2, 0) is 9.53 Å². The van der Waals surface area contributed by atoms with Gasteiger partial charge in [-0.25, -0.2) is 9.78 Å². The summed E-state index contributed by atoms with van der Waals surface area (Å²) in [6, 6.07) is 11.6. The van der Waals surface area contributed by atoms with Gasteiger partial charge >= 0.3 is 5.97 Å². The molecule has 1 amide bonds. The van der Waals surface area contributed by atoms with Crippen LogP contribution < -0.4 is 10.2 Å². The summed E-state index contributed by atoms with van der Waals surface area (Å²) in [7, 11) is 0. The molecule has 0 aliphatic carbocycles. The molecular weight excluding hydrogens is 392 g/mol. The number of rotatable bonds is 7. The number of benzene rings is 1. The van der Waals surface area contributed by atoms with Gasteiger partial charge in [0.25, 0.3) is 0 Å². The van der Waals surface area contributed by atoms with Crippen molar-refractivity contribution in [3.05, 3.63) is 53.7 Å². The third kappa shape index (κ3) is 6.52. The Morgan fingerprint density at radius 3 is 2.48 bits per heavy atom. The number of amides is 1. The number of carbonyl (C=O) groups is 2. The summed E-state index contributed by atoms with van der Waals surface area (Å²) in [4.78, 5) is 33.1. The van der Waals surface area contributed by atoms with Crippen LogP contribution in [0, 0.1) is 0 Å². The van der Waals surface area contributed by atoms with Crippen molar-refractivity contribution in [3.63, 3.8) is 0 Å². The Balaban J connectivity index is 1.50. The smallest absolute Gasteiger partial charge is 0.339 e. The largest absolute Gasteiger partial charge is 0.462 e. The van der Waals surface area contributed by atoms with Crippen molar-refractivity contribution in [2.75, 3.05) is 49.5 Å². The second-order valence-electron chi connectivity index (χ2n) is 8.07. The molecule has 1 aliphatic rings. The summed E-state index contributed by atoms with van der Waals surface area (Å²) >= 11 is 0. The lowest BCUT2D eigenvalue weighted by Gasteiger charge is -2.22. The molecule has 1 N–H and O–H groups in total. The van der Waals surface area contributed by atoms with Crippen molar-refractivity contribution in [1.29, 1.82) is 0 Å². The molecule has 1 aromatic carbocycles. The summed E-state index contributed by atoms with van der Waals surface area (Å²) < 4.78 is 5.01. The first-order valence-electron chi connectivity index (χ1n) is 11.0. The molecule has 31 heavy (non-hydrogen) atoms. The highest BCUT2D eigenvalue weighted by molar-refractivity contribution is 5.92. The number of esters is 1. The molecule has 0 spiro atoms. The van der Waals surface area contributed by atoms with Gasteiger partial charge in [0.15, 0.2) is 0 Å². The molecular formula is C24H32N4O3. The van der Waals surface area contributed by atoms with Gasteiger partial charge < -0.3 is 15.0 Å². The molecule has 7 nitrogen and oxygen atoms in total. The number of carbonyl (C=O) groups excluding carboxylic acids is 2. The van der Waals surface area contributed by atoms with Gasteiger partial charge in [-0.15, -0.1) is 0 Å². The minimum Gasteiger partial charge on any atom is -0.462 e. The highest BCUT2D eigenvalue weighted by atomic mass is 16.5. The molecule has 166 valence electrons. The predicted molar refractivity (Wildman–Crippen MR) is 123 cm³/mol. The number of nitrogens with one attached hydrogen (secondary N) is 1. The van der Waals surface area contributed by atoms with Crippen LogP contribution >= 0.6 is 0 Å². The van der Waals surface area contributed by atoms with E-state index in [-0.39, 0.29) is 11.9 Å². The lowest BCUT2D eigenvalue weighted by molar-refractivity contribution is -0.117. The Kier molecular flexibility index (Phi) is 8.00. The van der Waals surface area contributed by atoms with E-state index in [0.717, 1.165) is 44.1 Å². The fourth-order valence-electron chi connectivity index (χ4n) is 3.62. The summed E-state index contributed by atoms with van der Waals surface area (Å²) in [5, 5.41) is 3.00. The van der Waals surface area contributed by atoms with E-state index in [1.165, 1.54) is 5.56 Å². The van der Waals surface area contributed by atoms with Crippen LogP contribution in [0.15, 0.2) is 42.6 Å². The first-order chi connectivity index (χ1) is 15.0. The first kappa shape index (κ1) is 22.7. The van der Waals surface area contributed by atoms with Crippen LogP contribution in [0.25, 0.3) is 0 Å². The molecule has 1 fully saturated rings. The van der Waals surface area contributed by atoms with E-state index in [2.05, 4.69) is 46.1 Å². The lowest BCUT2D eigenvalue weighted by atomic mass is 10.0. The van der Waals surface area contributed by atoms with Crippen molar-refractivity contribution in [2.45, 2.75) is 33.1 Å². The van der Waals surface area contributed by atoms with Crippen LogP contribution in [0.4, 0.5) is 11.5 Å². The van der Waals surface area contributed by atoms with Gasteiger partial charge in [-0.3, -0.25) is 9.69 Å². The van der Waals surface area contributed by atoms with Crippen LogP contribution in [-0.4, -0.2) is 61.1 Å². The molecule has 2 aromatic rings. The van der Waals surface area contributed by atoms with Crippen molar-refractivity contribution >= 4 is 23.4 Å². The van der Waals surface area contributed by atoms with E-state index >= 15 is 0 Å². The zero-order chi connectivity index (χ0) is 22.2.